The molecule has 1 aromatic carbocycles. The molecule has 3 nitrogen and oxygen atoms in total. The summed E-state index contributed by atoms with van der Waals surface area (Å²) < 4.78 is 10.7. The normalized spacial score (nSPS) is 13.2. The summed E-state index contributed by atoms with van der Waals surface area (Å²) in [5.41, 5.74) is 7.26. The molecule has 1 rings (SSSR count). The van der Waals surface area contributed by atoms with E-state index in [0.717, 1.165) is 22.8 Å². The molecule has 0 aliphatic rings. The monoisotopic (exact) mass is 269 g/mol. The van der Waals surface area contributed by atoms with Crippen molar-refractivity contribution in [2.75, 3.05) is 20.0 Å². The summed E-state index contributed by atoms with van der Waals surface area (Å²) in [4.78, 5) is 0. The maximum Gasteiger partial charge on any atom is 0.122 e. The fraction of sp³-hybridized carbons (Fsp3) is 0.571. The summed E-state index contributed by atoms with van der Waals surface area (Å²) >= 11 is 1.86. The lowest BCUT2D eigenvalue weighted by atomic mass is 10.1. The van der Waals surface area contributed by atoms with Crippen molar-refractivity contribution in [3.8, 4) is 11.5 Å². The number of rotatable bonds is 5. The van der Waals surface area contributed by atoms with Crippen LogP contribution >= 0.6 is 11.8 Å². The summed E-state index contributed by atoms with van der Waals surface area (Å²) in [6.07, 6.45) is 0. The van der Waals surface area contributed by atoms with Gasteiger partial charge in [0.2, 0.25) is 0 Å². The Balaban J connectivity index is 2.81. The van der Waals surface area contributed by atoms with Gasteiger partial charge in [-0.3, -0.25) is 0 Å². The zero-order chi connectivity index (χ0) is 13.8. The van der Waals surface area contributed by atoms with Gasteiger partial charge in [0.25, 0.3) is 0 Å². The Bertz CT molecular complexity index is 366. The molecule has 2 N–H and O–H groups in total. The Morgan fingerprint density at radius 3 is 2.00 bits per heavy atom. The lowest BCUT2D eigenvalue weighted by molar-refractivity contribution is 0.393. The van der Waals surface area contributed by atoms with Crippen LogP contribution in [0.3, 0.4) is 0 Å². The van der Waals surface area contributed by atoms with Crippen LogP contribution < -0.4 is 15.2 Å². The Morgan fingerprint density at radius 1 is 1.11 bits per heavy atom. The van der Waals surface area contributed by atoms with Crippen molar-refractivity contribution < 1.29 is 9.47 Å². The van der Waals surface area contributed by atoms with Crippen LogP contribution in [0.15, 0.2) is 18.2 Å². The molecule has 0 aromatic heterocycles. The number of hydrogen-bond acceptors (Lipinski definition) is 4. The summed E-state index contributed by atoms with van der Waals surface area (Å²) in [5.74, 6) is 2.43. The zero-order valence-corrected chi connectivity index (χ0v) is 12.6. The van der Waals surface area contributed by atoms with E-state index in [4.69, 9.17) is 15.2 Å². The highest BCUT2D eigenvalue weighted by Gasteiger charge is 2.15. The summed E-state index contributed by atoms with van der Waals surface area (Å²) in [6.45, 7) is 6.57. The van der Waals surface area contributed by atoms with E-state index in [0.29, 0.717) is 0 Å². The van der Waals surface area contributed by atoms with Gasteiger partial charge in [-0.25, -0.2) is 0 Å². The maximum absolute atomic E-state index is 6.22. The number of thioether (sulfide) groups is 1. The number of benzene rings is 1. The molecule has 18 heavy (non-hydrogen) atoms. The van der Waals surface area contributed by atoms with Crippen molar-refractivity contribution in [3.63, 3.8) is 0 Å². The minimum absolute atomic E-state index is 0.0155. The molecule has 1 unspecified atom stereocenters. The first-order chi connectivity index (χ1) is 8.35. The minimum atomic E-state index is -0.0155. The fourth-order valence-corrected chi connectivity index (χ4v) is 2.35. The van der Waals surface area contributed by atoms with Crippen molar-refractivity contribution >= 4 is 11.8 Å². The lowest BCUT2D eigenvalue weighted by Crippen LogP contribution is -2.18. The number of nitrogens with two attached hydrogens (primary N) is 1. The van der Waals surface area contributed by atoms with E-state index in [1.807, 2.05) is 30.0 Å². The SMILES string of the molecule is COc1cc(OC)cc(C(N)CSC(C)(C)C)c1. The van der Waals surface area contributed by atoms with Crippen LogP contribution in [0.2, 0.25) is 0 Å². The molecule has 0 saturated heterocycles. The second-order valence-corrected chi connectivity index (χ2v) is 7.02. The molecule has 102 valence electrons. The molecule has 0 aliphatic carbocycles. The number of hydrogen-bond donors (Lipinski definition) is 1. The first-order valence-electron chi connectivity index (χ1n) is 5.98. The van der Waals surface area contributed by atoms with E-state index in [9.17, 15) is 0 Å². The molecule has 0 fully saturated rings. The van der Waals surface area contributed by atoms with Crippen LogP contribution in [0.1, 0.15) is 32.4 Å². The fourth-order valence-electron chi connectivity index (χ4n) is 1.48. The van der Waals surface area contributed by atoms with Gasteiger partial charge in [-0.15, -0.1) is 0 Å². The predicted molar refractivity (Wildman–Crippen MR) is 78.7 cm³/mol. The first-order valence-corrected chi connectivity index (χ1v) is 6.97. The van der Waals surface area contributed by atoms with E-state index in [-0.39, 0.29) is 10.8 Å². The third-order valence-corrected chi connectivity index (χ3v) is 3.89. The Kier molecular flexibility index (Phi) is 5.35. The van der Waals surface area contributed by atoms with Crippen LogP contribution in [-0.2, 0) is 0 Å². The van der Waals surface area contributed by atoms with Crippen LogP contribution in [0, 0.1) is 0 Å². The molecule has 1 aromatic rings. The highest BCUT2D eigenvalue weighted by Crippen LogP contribution is 2.30. The number of ether oxygens (including phenoxy) is 2. The second-order valence-electron chi connectivity index (χ2n) is 5.18. The van der Waals surface area contributed by atoms with Crippen LogP contribution in [0.25, 0.3) is 0 Å². The van der Waals surface area contributed by atoms with E-state index < -0.39 is 0 Å². The highest BCUT2D eigenvalue weighted by atomic mass is 32.2. The van der Waals surface area contributed by atoms with Crippen molar-refractivity contribution in [2.24, 2.45) is 5.73 Å². The number of methoxy groups -OCH3 is 2. The first kappa shape index (κ1) is 15.2. The maximum atomic E-state index is 6.22. The van der Waals surface area contributed by atoms with Crippen LogP contribution in [-0.4, -0.2) is 24.7 Å². The van der Waals surface area contributed by atoms with E-state index in [2.05, 4.69) is 20.8 Å². The van der Waals surface area contributed by atoms with Gasteiger partial charge in [0.1, 0.15) is 11.5 Å². The largest absolute Gasteiger partial charge is 0.497 e. The van der Waals surface area contributed by atoms with E-state index >= 15 is 0 Å². The molecular weight excluding hydrogens is 246 g/mol. The van der Waals surface area contributed by atoms with Crippen molar-refractivity contribution in [2.45, 2.75) is 31.6 Å². The Morgan fingerprint density at radius 2 is 1.61 bits per heavy atom. The molecule has 0 saturated carbocycles. The van der Waals surface area contributed by atoms with Crippen LogP contribution in [0.4, 0.5) is 0 Å². The molecule has 0 amide bonds. The second kappa shape index (κ2) is 6.34. The smallest absolute Gasteiger partial charge is 0.122 e. The van der Waals surface area contributed by atoms with Crippen molar-refractivity contribution in [3.05, 3.63) is 23.8 Å². The van der Waals surface area contributed by atoms with Gasteiger partial charge in [-0.2, -0.15) is 11.8 Å². The van der Waals surface area contributed by atoms with Gasteiger partial charge in [-0.05, 0) is 17.7 Å². The summed E-state index contributed by atoms with van der Waals surface area (Å²) in [7, 11) is 3.29. The molecule has 0 spiro atoms. The third-order valence-electron chi connectivity index (χ3n) is 2.50. The molecule has 0 aliphatic heterocycles. The molecule has 1 atom stereocenters. The average Bonchev–Trinajstić information content (AvgIpc) is 2.34. The quantitative estimate of drug-likeness (QED) is 0.891. The summed E-state index contributed by atoms with van der Waals surface area (Å²) in [5, 5.41) is 0. The van der Waals surface area contributed by atoms with Gasteiger partial charge in [0.15, 0.2) is 0 Å². The lowest BCUT2D eigenvalue weighted by Gasteiger charge is -2.21. The Hall–Kier alpha value is -0.870. The van der Waals surface area contributed by atoms with Crippen LogP contribution in [0.5, 0.6) is 11.5 Å². The van der Waals surface area contributed by atoms with Gasteiger partial charge >= 0.3 is 0 Å². The van der Waals surface area contributed by atoms with Crippen molar-refractivity contribution in [1.82, 2.24) is 0 Å². The predicted octanol–water partition coefficient (Wildman–Crippen LogP) is 3.24. The highest BCUT2D eigenvalue weighted by molar-refractivity contribution is 8.00. The summed E-state index contributed by atoms with van der Waals surface area (Å²) in [6, 6.07) is 5.78. The molecule has 0 bridgehead atoms. The molecule has 0 radical (unpaired) electrons. The van der Waals surface area contributed by atoms with E-state index in [1.54, 1.807) is 14.2 Å². The topological polar surface area (TPSA) is 44.5 Å². The minimum Gasteiger partial charge on any atom is -0.497 e. The molecule has 0 heterocycles. The third kappa shape index (κ3) is 4.78. The van der Waals surface area contributed by atoms with Crippen molar-refractivity contribution in [1.29, 1.82) is 0 Å². The van der Waals surface area contributed by atoms with Gasteiger partial charge in [0.05, 0.1) is 14.2 Å². The van der Waals surface area contributed by atoms with E-state index in [1.165, 1.54) is 0 Å². The molecular formula is C14H23NO2S. The standard InChI is InChI=1S/C14H23NO2S/c1-14(2,3)18-9-13(15)10-6-11(16-4)8-12(7-10)17-5/h6-8,13H,9,15H2,1-5H3. The molecule has 4 heteroatoms. The van der Waals surface area contributed by atoms with Gasteiger partial charge in [-0.1, -0.05) is 20.8 Å². The van der Waals surface area contributed by atoms with Gasteiger partial charge < -0.3 is 15.2 Å². The zero-order valence-electron chi connectivity index (χ0n) is 11.8. The average molecular weight is 269 g/mol. The van der Waals surface area contributed by atoms with Gasteiger partial charge in [0, 0.05) is 22.6 Å². The Labute approximate surface area is 114 Å².